The van der Waals surface area contributed by atoms with Crippen LogP contribution in [0.2, 0.25) is 0 Å². The number of rotatable bonds is 3. The maximum atomic E-state index is 13.2. The Balaban J connectivity index is 1.34. The van der Waals surface area contributed by atoms with Gasteiger partial charge in [-0.05, 0) is 44.4 Å². The first kappa shape index (κ1) is 17.0. The van der Waals surface area contributed by atoms with Crippen molar-refractivity contribution >= 4 is 11.8 Å². The van der Waals surface area contributed by atoms with Crippen LogP contribution in [0.25, 0.3) is 0 Å². The van der Waals surface area contributed by atoms with Gasteiger partial charge in [0.25, 0.3) is 5.91 Å². The molecule has 27 heavy (non-hydrogen) atoms. The highest BCUT2D eigenvalue weighted by Gasteiger charge is 2.46. The maximum Gasteiger partial charge on any atom is 0.289 e. The third kappa shape index (κ3) is 2.87. The molecule has 1 unspecified atom stereocenters. The molecule has 3 atom stereocenters. The predicted octanol–water partition coefficient (Wildman–Crippen LogP) is 1.86. The van der Waals surface area contributed by atoms with Crippen molar-refractivity contribution in [2.24, 2.45) is 11.3 Å². The molecule has 0 spiro atoms. The largest absolute Gasteiger partial charge is 0.347 e. The second-order valence-electron chi connectivity index (χ2n) is 8.92. The van der Waals surface area contributed by atoms with Gasteiger partial charge in [0.15, 0.2) is 0 Å². The summed E-state index contributed by atoms with van der Waals surface area (Å²) in [5.41, 5.74) is -0.273. The molecule has 1 saturated heterocycles. The maximum absolute atomic E-state index is 13.2. The van der Waals surface area contributed by atoms with E-state index in [9.17, 15) is 9.59 Å². The van der Waals surface area contributed by atoms with Gasteiger partial charge in [-0.1, -0.05) is 19.1 Å². The van der Waals surface area contributed by atoms with E-state index in [4.69, 9.17) is 0 Å². The molecule has 1 aromatic heterocycles. The Bertz CT molecular complexity index is 811. The molecule has 7 heteroatoms. The van der Waals surface area contributed by atoms with Crippen molar-refractivity contribution in [3.05, 3.63) is 23.8 Å². The molecule has 7 nitrogen and oxygen atoms in total. The van der Waals surface area contributed by atoms with E-state index in [-0.39, 0.29) is 23.1 Å². The summed E-state index contributed by atoms with van der Waals surface area (Å²) in [6.45, 7) is 4.37. The molecule has 144 valence electrons. The van der Waals surface area contributed by atoms with Gasteiger partial charge in [-0.3, -0.25) is 9.59 Å². The van der Waals surface area contributed by atoms with Crippen LogP contribution in [0.5, 0.6) is 0 Å². The zero-order chi connectivity index (χ0) is 18.6. The molecule has 2 aliphatic heterocycles. The summed E-state index contributed by atoms with van der Waals surface area (Å²) in [4.78, 5) is 27.7. The van der Waals surface area contributed by atoms with Crippen molar-refractivity contribution in [3.8, 4) is 0 Å². The SMILES string of the molecule is CC1(C(=O)N2C[C@H]3CCn4c(C(=O)NC5CC5)nnc4[C@@H]3C2)CC=CCC1. The lowest BCUT2D eigenvalue weighted by Crippen LogP contribution is -2.41. The van der Waals surface area contributed by atoms with Crippen LogP contribution in [-0.2, 0) is 11.3 Å². The third-order valence-corrected chi connectivity index (χ3v) is 6.79. The molecule has 2 amide bonds. The van der Waals surface area contributed by atoms with Crippen LogP contribution in [0.1, 0.15) is 67.8 Å². The number of amides is 2. The third-order valence-electron chi connectivity index (χ3n) is 6.79. The van der Waals surface area contributed by atoms with Gasteiger partial charge in [0.1, 0.15) is 5.82 Å². The molecule has 4 aliphatic rings. The minimum absolute atomic E-state index is 0.109. The zero-order valence-electron chi connectivity index (χ0n) is 15.9. The Morgan fingerprint density at radius 3 is 2.78 bits per heavy atom. The fraction of sp³-hybridized carbons (Fsp3) is 0.700. The molecule has 1 saturated carbocycles. The zero-order valence-corrected chi connectivity index (χ0v) is 15.9. The molecule has 1 aromatic rings. The lowest BCUT2D eigenvalue weighted by molar-refractivity contribution is -0.140. The van der Waals surface area contributed by atoms with E-state index < -0.39 is 0 Å². The van der Waals surface area contributed by atoms with E-state index in [1.807, 2.05) is 9.47 Å². The number of nitrogens with zero attached hydrogens (tertiary/aromatic N) is 4. The minimum Gasteiger partial charge on any atom is -0.347 e. The van der Waals surface area contributed by atoms with Gasteiger partial charge < -0.3 is 14.8 Å². The average Bonchev–Trinajstić information content (AvgIpc) is 3.20. The van der Waals surface area contributed by atoms with Crippen molar-refractivity contribution in [1.82, 2.24) is 25.0 Å². The first-order valence-corrected chi connectivity index (χ1v) is 10.2. The number of fused-ring (bicyclic) bond motifs is 3. The van der Waals surface area contributed by atoms with E-state index in [1.54, 1.807) is 0 Å². The number of hydrogen-bond acceptors (Lipinski definition) is 4. The number of allylic oxidation sites excluding steroid dienone is 2. The van der Waals surface area contributed by atoms with Gasteiger partial charge in [-0.2, -0.15) is 0 Å². The molecule has 2 aliphatic carbocycles. The summed E-state index contributed by atoms with van der Waals surface area (Å²) in [5.74, 6) is 2.11. The monoisotopic (exact) mass is 369 g/mol. The van der Waals surface area contributed by atoms with Gasteiger partial charge >= 0.3 is 0 Å². The average molecular weight is 369 g/mol. The molecule has 0 aromatic carbocycles. The van der Waals surface area contributed by atoms with Crippen LogP contribution in [0.4, 0.5) is 0 Å². The summed E-state index contributed by atoms with van der Waals surface area (Å²) in [5, 5.41) is 11.6. The van der Waals surface area contributed by atoms with Gasteiger partial charge in [-0.15, -0.1) is 10.2 Å². The first-order valence-electron chi connectivity index (χ1n) is 10.2. The molecule has 3 heterocycles. The smallest absolute Gasteiger partial charge is 0.289 e. The molecule has 0 radical (unpaired) electrons. The number of carbonyl (C=O) groups is 2. The number of carbonyl (C=O) groups excluding carboxylic acids is 2. The Morgan fingerprint density at radius 2 is 2.04 bits per heavy atom. The highest BCUT2D eigenvalue weighted by Crippen LogP contribution is 2.42. The van der Waals surface area contributed by atoms with Crippen LogP contribution in [0.3, 0.4) is 0 Å². The molecule has 1 N–H and O–H groups in total. The highest BCUT2D eigenvalue weighted by molar-refractivity contribution is 5.91. The number of nitrogens with one attached hydrogen (secondary N) is 1. The van der Waals surface area contributed by atoms with Crippen molar-refractivity contribution in [2.45, 2.75) is 64.0 Å². The number of hydrogen-bond donors (Lipinski definition) is 1. The fourth-order valence-electron chi connectivity index (χ4n) is 4.91. The molecule has 0 bridgehead atoms. The normalized spacial score (nSPS) is 32.1. The van der Waals surface area contributed by atoms with Crippen LogP contribution in [-0.4, -0.2) is 50.6 Å². The van der Waals surface area contributed by atoms with Gasteiger partial charge in [-0.25, -0.2) is 0 Å². The van der Waals surface area contributed by atoms with E-state index in [2.05, 4.69) is 34.6 Å². The topological polar surface area (TPSA) is 80.1 Å². The van der Waals surface area contributed by atoms with E-state index in [0.29, 0.717) is 24.3 Å². The summed E-state index contributed by atoms with van der Waals surface area (Å²) < 4.78 is 1.98. The Hall–Kier alpha value is -2.18. The predicted molar refractivity (Wildman–Crippen MR) is 99.0 cm³/mol. The molecule has 2 fully saturated rings. The van der Waals surface area contributed by atoms with Crippen LogP contribution in [0, 0.1) is 11.3 Å². The van der Waals surface area contributed by atoms with Gasteiger partial charge in [0.05, 0.1) is 5.41 Å². The lowest BCUT2D eigenvalue weighted by Gasteiger charge is -2.33. The first-order chi connectivity index (χ1) is 13.0. The number of aromatic nitrogens is 3. The van der Waals surface area contributed by atoms with Crippen molar-refractivity contribution in [1.29, 1.82) is 0 Å². The van der Waals surface area contributed by atoms with E-state index in [0.717, 1.165) is 57.4 Å². The summed E-state index contributed by atoms with van der Waals surface area (Å²) in [6, 6.07) is 0.312. The quantitative estimate of drug-likeness (QED) is 0.825. The summed E-state index contributed by atoms with van der Waals surface area (Å²) in [7, 11) is 0. The lowest BCUT2D eigenvalue weighted by atomic mass is 9.78. The molecule has 5 rings (SSSR count). The summed E-state index contributed by atoms with van der Waals surface area (Å²) in [6.07, 6.45) is 10.2. The van der Waals surface area contributed by atoms with Crippen LogP contribution in [0.15, 0.2) is 12.2 Å². The van der Waals surface area contributed by atoms with Crippen molar-refractivity contribution < 1.29 is 9.59 Å². The van der Waals surface area contributed by atoms with E-state index in [1.165, 1.54) is 0 Å². The molecular formula is C20H27N5O2. The molecular weight excluding hydrogens is 342 g/mol. The van der Waals surface area contributed by atoms with E-state index >= 15 is 0 Å². The van der Waals surface area contributed by atoms with Crippen molar-refractivity contribution in [3.63, 3.8) is 0 Å². The Kier molecular flexibility index (Phi) is 3.88. The number of likely N-dealkylation sites (tertiary alicyclic amines) is 1. The van der Waals surface area contributed by atoms with Gasteiger partial charge in [0, 0.05) is 31.6 Å². The second kappa shape index (κ2) is 6.17. The Labute approximate surface area is 159 Å². The van der Waals surface area contributed by atoms with Crippen molar-refractivity contribution in [2.75, 3.05) is 13.1 Å². The summed E-state index contributed by atoms with van der Waals surface area (Å²) >= 11 is 0. The van der Waals surface area contributed by atoms with Crippen LogP contribution >= 0.6 is 0 Å². The highest BCUT2D eigenvalue weighted by atomic mass is 16.2. The standard InChI is InChI=1S/C20H27N5O2/c1-20(8-3-2-4-9-20)19(27)24-11-13-7-10-25-16(15(13)12-24)22-23-17(25)18(26)21-14-5-6-14/h2-3,13-15H,4-12H2,1H3,(H,21,26)/t13-,15-,20?/m1/s1. The van der Waals surface area contributed by atoms with Crippen LogP contribution < -0.4 is 5.32 Å². The fourth-order valence-corrected chi connectivity index (χ4v) is 4.91. The van der Waals surface area contributed by atoms with Gasteiger partial charge in [0.2, 0.25) is 11.7 Å². The minimum atomic E-state index is -0.273. The second-order valence-corrected chi connectivity index (χ2v) is 8.92. The Morgan fingerprint density at radius 1 is 1.19 bits per heavy atom.